The minimum atomic E-state index is 0.698. The van der Waals surface area contributed by atoms with Crippen LogP contribution in [0.25, 0.3) is 0 Å². The molecule has 0 aromatic carbocycles. The van der Waals surface area contributed by atoms with Crippen LogP contribution < -0.4 is 5.32 Å². The molecule has 0 aliphatic heterocycles. The van der Waals surface area contributed by atoms with Crippen molar-refractivity contribution in [3.8, 4) is 0 Å². The lowest BCUT2D eigenvalue weighted by atomic mass is 10.1. The molecule has 4 nitrogen and oxygen atoms in total. The van der Waals surface area contributed by atoms with Gasteiger partial charge in [-0.1, -0.05) is 19.0 Å². The molecule has 0 aliphatic rings. The van der Waals surface area contributed by atoms with Crippen LogP contribution in [0.15, 0.2) is 10.9 Å². The average Bonchev–Trinajstić information content (AvgIpc) is 2.49. The van der Waals surface area contributed by atoms with Gasteiger partial charge in [0, 0.05) is 0 Å². The Balaban J connectivity index is 2.04. The van der Waals surface area contributed by atoms with Gasteiger partial charge in [0.1, 0.15) is 0 Å². The van der Waals surface area contributed by atoms with Gasteiger partial charge in [0.05, 0.1) is 6.54 Å². The average molecular weight is 169 g/mol. The van der Waals surface area contributed by atoms with Crippen molar-refractivity contribution in [3.63, 3.8) is 0 Å². The van der Waals surface area contributed by atoms with E-state index in [2.05, 4.69) is 33.8 Å². The summed E-state index contributed by atoms with van der Waals surface area (Å²) in [5.74, 6) is 1.46. The van der Waals surface area contributed by atoms with Crippen molar-refractivity contribution in [2.24, 2.45) is 5.92 Å². The Morgan fingerprint density at radius 3 is 3.00 bits per heavy atom. The number of hydrogen-bond donors (Lipinski definition) is 1. The Hall–Kier alpha value is -0.900. The second-order valence-electron chi connectivity index (χ2n) is 3.21. The van der Waals surface area contributed by atoms with E-state index in [1.807, 2.05) is 0 Å². The highest BCUT2D eigenvalue weighted by Gasteiger charge is 1.97. The quantitative estimate of drug-likeness (QED) is 0.673. The predicted octanol–water partition coefficient (Wildman–Crippen LogP) is 1.21. The Morgan fingerprint density at radius 2 is 2.42 bits per heavy atom. The lowest BCUT2D eigenvalue weighted by molar-refractivity contribution is 0.406. The molecule has 0 radical (unpaired) electrons. The summed E-state index contributed by atoms with van der Waals surface area (Å²) in [5, 5.41) is 6.92. The maximum atomic E-state index is 4.59. The standard InChI is InChI=1S/C8H15N3O/c1-7(2)3-4-9-5-8-10-6-12-11-8/h6-7,9H,3-5H2,1-2H3. The van der Waals surface area contributed by atoms with E-state index in [-0.39, 0.29) is 0 Å². The van der Waals surface area contributed by atoms with E-state index in [4.69, 9.17) is 0 Å². The van der Waals surface area contributed by atoms with Crippen molar-refractivity contribution in [1.29, 1.82) is 0 Å². The molecule has 0 saturated heterocycles. The Bertz CT molecular complexity index is 196. The molecule has 0 unspecified atom stereocenters. The molecule has 12 heavy (non-hydrogen) atoms. The van der Waals surface area contributed by atoms with Gasteiger partial charge in [-0.25, -0.2) is 0 Å². The fourth-order valence-electron chi connectivity index (χ4n) is 0.861. The van der Waals surface area contributed by atoms with Crippen LogP contribution >= 0.6 is 0 Å². The van der Waals surface area contributed by atoms with Gasteiger partial charge in [0.15, 0.2) is 5.82 Å². The largest absolute Gasteiger partial charge is 0.343 e. The Labute approximate surface area is 72.4 Å². The van der Waals surface area contributed by atoms with Crippen molar-refractivity contribution >= 4 is 0 Å². The third kappa shape index (κ3) is 3.48. The van der Waals surface area contributed by atoms with Crippen LogP contribution in [-0.2, 0) is 6.54 Å². The van der Waals surface area contributed by atoms with Crippen LogP contribution in [0.2, 0.25) is 0 Å². The summed E-state index contributed by atoms with van der Waals surface area (Å²) < 4.78 is 4.59. The number of nitrogens with zero attached hydrogens (tertiary/aromatic N) is 2. The van der Waals surface area contributed by atoms with Crippen molar-refractivity contribution in [2.45, 2.75) is 26.8 Å². The first-order valence-electron chi connectivity index (χ1n) is 4.25. The highest BCUT2D eigenvalue weighted by molar-refractivity contribution is 4.75. The Kier molecular flexibility index (Phi) is 3.73. The summed E-state index contributed by atoms with van der Waals surface area (Å²) in [6, 6.07) is 0. The first-order valence-corrected chi connectivity index (χ1v) is 4.25. The van der Waals surface area contributed by atoms with Crippen molar-refractivity contribution in [2.75, 3.05) is 6.54 Å². The molecule has 0 saturated carbocycles. The summed E-state index contributed by atoms with van der Waals surface area (Å²) in [7, 11) is 0. The van der Waals surface area contributed by atoms with Gasteiger partial charge in [-0.3, -0.25) is 0 Å². The van der Waals surface area contributed by atoms with Crippen LogP contribution in [0.5, 0.6) is 0 Å². The molecule has 0 bridgehead atoms. The first kappa shape index (κ1) is 9.19. The summed E-state index contributed by atoms with van der Waals surface area (Å²) in [4.78, 5) is 3.89. The van der Waals surface area contributed by atoms with Gasteiger partial charge in [0.2, 0.25) is 6.39 Å². The summed E-state index contributed by atoms with van der Waals surface area (Å²) >= 11 is 0. The molecule has 0 atom stereocenters. The summed E-state index contributed by atoms with van der Waals surface area (Å²) in [5.41, 5.74) is 0. The van der Waals surface area contributed by atoms with E-state index in [0.29, 0.717) is 6.54 Å². The zero-order chi connectivity index (χ0) is 8.81. The summed E-state index contributed by atoms with van der Waals surface area (Å²) in [6.45, 7) is 6.11. The van der Waals surface area contributed by atoms with Gasteiger partial charge in [0.25, 0.3) is 0 Å². The molecule has 4 heteroatoms. The Morgan fingerprint density at radius 1 is 1.58 bits per heavy atom. The number of rotatable bonds is 5. The molecule has 1 aromatic heterocycles. The fraction of sp³-hybridized carbons (Fsp3) is 0.750. The van der Waals surface area contributed by atoms with Gasteiger partial charge in [-0.2, -0.15) is 4.98 Å². The number of aromatic nitrogens is 2. The smallest absolute Gasteiger partial charge is 0.213 e. The lowest BCUT2D eigenvalue weighted by Gasteiger charge is -2.03. The molecule has 0 spiro atoms. The third-order valence-corrected chi connectivity index (χ3v) is 1.59. The molecule has 0 fully saturated rings. The number of hydrogen-bond acceptors (Lipinski definition) is 4. The molecule has 1 aromatic rings. The van der Waals surface area contributed by atoms with E-state index in [1.54, 1.807) is 0 Å². The molecular weight excluding hydrogens is 154 g/mol. The van der Waals surface area contributed by atoms with Gasteiger partial charge in [-0.15, -0.1) is 0 Å². The van der Waals surface area contributed by atoms with Gasteiger partial charge in [-0.05, 0) is 18.9 Å². The van der Waals surface area contributed by atoms with Crippen LogP contribution in [0.1, 0.15) is 26.1 Å². The van der Waals surface area contributed by atoms with E-state index < -0.39 is 0 Å². The van der Waals surface area contributed by atoms with Crippen molar-refractivity contribution in [3.05, 3.63) is 12.2 Å². The zero-order valence-corrected chi connectivity index (χ0v) is 7.58. The SMILES string of the molecule is CC(C)CCNCc1ncon1. The molecule has 1 rings (SSSR count). The van der Waals surface area contributed by atoms with Crippen molar-refractivity contribution < 1.29 is 4.52 Å². The molecular formula is C8H15N3O. The second kappa shape index (κ2) is 4.87. The van der Waals surface area contributed by atoms with E-state index in [0.717, 1.165) is 18.3 Å². The van der Waals surface area contributed by atoms with E-state index >= 15 is 0 Å². The molecule has 1 N–H and O–H groups in total. The van der Waals surface area contributed by atoms with Crippen LogP contribution in [0.3, 0.4) is 0 Å². The van der Waals surface area contributed by atoms with Gasteiger partial charge < -0.3 is 9.84 Å². The fourth-order valence-corrected chi connectivity index (χ4v) is 0.861. The summed E-state index contributed by atoms with van der Waals surface area (Å²) in [6.07, 6.45) is 2.53. The van der Waals surface area contributed by atoms with Crippen LogP contribution in [-0.4, -0.2) is 16.7 Å². The van der Waals surface area contributed by atoms with Crippen LogP contribution in [0.4, 0.5) is 0 Å². The zero-order valence-electron chi connectivity index (χ0n) is 7.58. The molecule has 0 aliphatic carbocycles. The highest BCUT2D eigenvalue weighted by atomic mass is 16.5. The van der Waals surface area contributed by atoms with Gasteiger partial charge >= 0.3 is 0 Å². The van der Waals surface area contributed by atoms with Crippen molar-refractivity contribution in [1.82, 2.24) is 15.5 Å². The van der Waals surface area contributed by atoms with E-state index in [9.17, 15) is 0 Å². The first-order chi connectivity index (χ1) is 5.79. The predicted molar refractivity (Wildman–Crippen MR) is 45.5 cm³/mol. The molecule has 68 valence electrons. The van der Waals surface area contributed by atoms with Crippen LogP contribution in [0, 0.1) is 5.92 Å². The monoisotopic (exact) mass is 169 g/mol. The van der Waals surface area contributed by atoms with E-state index in [1.165, 1.54) is 12.8 Å². The second-order valence-corrected chi connectivity index (χ2v) is 3.21. The highest BCUT2D eigenvalue weighted by Crippen LogP contribution is 1.96. The topological polar surface area (TPSA) is 51.0 Å². The minimum absolute atomic E-state index is 0.698. The normalized spacial score (nSPS) is 10.9. The maximum Gasteiger partial charge on any atom is 0.213 e. The lowest BCUT2D eigenvalue weighted by Crippen LogP contribution is -2.16. The molecule has 1 heterocycles. The maximum absolute atomic E-state index is 4.59. The third-order valence-electron chi connectivity index (χ3n) is 1.59. The number of nitrogens with one attached hydrogen (secondary N) is 1. The minimum Gasteiger partial charge on any atom is -0.343 e. The molecule has 0 amide bonds.